The van der Waals surface area contributed by atoms with Crippen molar-refractivity contribution in [1.29, 1.82) is 0 Å². The number of hydrogen-bond donors (Lipinski definition) is 1. The molecule has 10 heteroatoms. The van der Waals surface area contributed by atoms with Crippen LogP contribution in [0.4, 0.5) is 10.1 Å². The molecule has 0 bridgehead atoms. The predicted octanol–water partition coefficient (Wildman–Crippen LogP) is 2.74. The van der Waals surface area contributed by atoms with Crippen LogP contribution in [0.1, 0.15) is 34.7 Å². The maximum absolute atomic E-state index is 14.8. The number of hydrogen-bond acceptors (Lipinski definition) is 7. The number of ether oxygens (including phenoxy) is 3. The normalized spacial score (nSPS) is 16.6. The average Bonchev–Trinajstić information content (AvgIpc) is 2.84. The number of carbonyl (C=O) groups is 1. The lowest BCUT2D eigenvalue weighted by Crippen LogP contribution is -2.33. The smallest absolute Gasteiger partial charge is 0.275 e. The van der Waals surface area contributed by atoms with Crippen LogP contribution in [0, 0.1) is 12.7 Å². The molecule has 34 heavy (non-hydrogen) atoms. The molecule has 1 aliphatic heterocycles. The van der Waals surface area contributed by atoms with Crippen LogP contribution in [-0.4, -0.2) is 53.0 Å². The van der Waals surface area contributed by atoms with Crippen molar-refractivity contribution in [3.05, 3.63) is 82.0 Å². The maximum Gasteiger partial charge on any atom is 0.275 e. The van der Waals surface area contributed by atoms with Crippen molar-refractivity contribution < 1.29 is 23.4 Å². The number of nitrogens with one attached hydrogen (secondary N) is 1. The largest absolute Gasteiger partial charge is 0.491 e. The third kappa shape index (κ3) is 5.46. The number of benzene rings is 1. The summed E-state index contributed by atoms with van der Waals surface area (Å²) in [6, 6.07) is 7.13. The Balaban J connectivity index is 1.47. The van der Waals surface area contributed by atoms with Crippen LogP contribution < -0.4 is 15.6 Å². The fourth-order valence-electron chi connectivity index (χ4n) is 3.73. The average molecular weight is 468 g/mol. The highest BCUT2D eigenvalue weighted by Gasteiger charge is 2.18. The minimum atomic E-state index is -0.623. The van der Waals surface area contributed by atoms with Crippen molar-refractivity contribution in [2.75, 3.05) is 31.7 Å². The number of nitrogens with zero attached hydrogens (tertiary/aromatic N) is 3. The second-order valence-corrected chi connectivity index (χ2v) is 7.88. The fraction of sp³-hybridized carbons (Fsp3) is 0.333. The zero-order chi connectivity index (χ0) is 24.1. The van der Waals surface area contributed by atoms with E-state index in [1.165, 1.54) is 36.8 Å². The lowest BCUT2D eigenvalue weighted by atomic mass is 10.1. The number of pyridine rings is 1. The first-order chi connectivity index (χ1) is 16.4. The topological polar surface area (TPSA) is 105 Å². The number of aryl methyl sites for hydroxylation is 1. The van der Waals surface area contributed by atoms with Crippen molar-refractivity contribution in [3.8, 4) is 5.75 Å². The van der Waals surface area contributed by atoms with E-state index >= 15 is 0 Å². The quantitative estimate of drug-likeness (QED) is 0.569. The Kier molecular flexibility index (Phi) is 7.29. The van der Waals surface area contributed by atoms with E-state index in [2.05, 4.69) is 15.3 Å². The molecule has 1 unspecified atom stereocenters. The minimum absolute atomic E-state index is 0.00771. The van der Waals surface area contributed by atoms with Gasteiger partial charge in [0, 0.05) is 24.2 Å². The predicted molar refractivity (Wildman–Crippen MR) is 122 cm³/mol. The van der Waals surface area contributed by atoms with Crippen LogP contribution in [0.5, 0.6) is 5.75 Å². The molecule has 178 valence electrons. The molecule has 1 N–H and O–H groups in total. The molecule has 4 rings (SSSR count). The first kappa shape index (κ1) is 23.5. The molecule has 0 aliphatic carbocycles. The third-order valence-electron chi connectivity index (χ3n) is 5.46. The summed E-state index contributed by atoms with van der Waals surface area (Å²) in [7, 11) is 0. The van der Waals surface area contributed by atoms with Crippen molar-refractivity contribution in [2.24, 2.45) is 0 Å². The highest BCUT2D eigenvalue weighted by molar-refractivity contribution is 6.02. The van der Waals surface area contributed by atoms with Crippen LogP contribution in [0.15, 0.2) is 53.7 Å². The van der Waals surface area contributed by atoms with E-state index in [0.717, 1.165) is 0 Å². The van der Waals surface area contributed by atoms with Crippen molar-refractivity contribution in [2.45, 2.75) is 26.0 Å². The Morgan fingerprint density at radius 1 is 1.29 bits per heavy atom. The van der Waals surface area contributed by atoms with Gasteiger partial charge < -0.3 is 24.1 Å². The second kappa shape index (κ2) is 10.5. The summed E-state index contributed by atoms with van der Waals surface area (Å²) < 4.78 is 32.9. The molecule has 1 aromatic carbocycles. The lowest BCUT2D eigenvalue weighted by molar-refractivity contribution is -0.101. The van der Waals surface area contributed by atoms with Crippen LogP contribution in [-0.2, 0) is 9.47 Å². The highest BCUT2D eigenvalue weighted by Crippen LogP contribution is 2.24. The molecule has 3 aromatic rings. The van der Waals surface area contributed by atoms with E-state index in [9.17, 15) is 14.0 Å². The fourth-order valence-corrected chi connectivity index (χ4v) is 3.73. The van der Waals surface area contributed by atoms with Gasteiger partial charge in [-0.3, -0.25) is 14.6 Å². The summed E-state index contributed by atoms with van der Waals surface area (Å²) in [5.74, 6) is -0.754. The van der Waals surface area contributed by atoms with E-state index < -0.39 is 17.8 Å². The first-order valence-electron chi connectivity index (χ1n) is 10.8. The molecule has 0 radical (unpaired) electrons. The Labute approximate surface area is 195 Å². The van der Waals surface area contributed by atoms with E-state index in [0.29, 0.717) is 36.8 Å². The number of halogens is 1. The molecule has 9 nitrogen and oxygen atoms in total. The second-order valence-electron chi connectivity index (χ2n) is 7.88. The van der Waals surface area contributed by atoms with Crippen LogP contribution >= 0.6 is 0 Å². The van der Waals surface area contributed by atoms with Crippen molar-refractivity contribution >= 4 is 11.6 Å². The molecule has 0 spiro atoms. The first-order valence-corrected chi connectivity index (χ1v) is 10.8. The Hall–Kier alpha value is -3.63. The van der Waals surface area contributed by atoms with E-state index in [-0.39, 0.29) is 29.7 Å². The minimum Gasteiger partial charge on any atom is -0.491 e. The van der Waals surface area contributed by atoms with Crippen LogP contribution in [0.3, 0.4) is 0 Å². The van der Waals surface area contributed by atoms with Gasteiger partial charge in [-0.25, -0.2) is 9.37 Å². The van der Waals surface area contributed by atoms with Gasteiger partial charge in [-0.05, 0) is 37.6 Å². The number of anilines is 1. The van der Waals surface area contributed by atoms with Gasteiger partial charge in [-0.2, -0.15) is 0 Å². The van der Waals surface area contributed by atoms with Gasteiger partial charge >= 0.3 is 0 Å². The molecule has 3 heterocycles. The summed E-state index contributed by atoms with van der Waals surface area (Å²) in [6.45, 7) is 5.41. The maximum atomic E-state index is 14.8. The van der Waals surface area contributed by atoms with Crippen LogP contribution in [0.25, 0.3) is 0 Å². The number of amides is 1. The molecule has 0 saturated carbocycles. The zero-order valence-corrected chi connectivity index (χ0v) is 18.9. The molecule has 1 aliphatic rings. The van der Waals surface area contributed by atoms with E-state index in [1.54, 1.807) is 30.5 Å². The zero-order valence-electron chi connectivity index (χ0n) is 18.9. The van der Waals surface area contributed by atoms with Crippen molar-refractivity contribution in [1.82, 2.24) is 14.5 Å². The number of carbonyl (C=O) groups excluding carboxylic acids is 1. The SMILES string of the molecule is Cc1cc(OCC2COCCO2)cc(=O)n1[C@H](C)c1ccc(NC(=O)c2cnccn2)c(F)c1. The van der Waals surface area contributed by atoms with E-state index in [1.807, 2.05) is 0 Å². The molecule has 1 saturated heterocycles. The van der Waals surface area contributed by atoms with Crippen molar-refractivity contribution in [3.63, 3.8) is 0 Å². The Morgan fingerprint density at radius 3 is 2.82 bits per heavy atom. The van der Waals surface area contributed by atoms with Gasteiger partial charge in [0.05, 0.1) is 37.7 Å². The monoisotopic (exact) mass is 468 g/mol. The third-order valence-corrected chi connectivity index (χ3v) is 5.46. The molecule has 1 amide bonds. The van der Waals surface area contributed by atoms with Crippen LogP contribution in [0.2, 0.25) is 0 Å². The summed E-state index contributed by atoms with van der Waals surface area (Å²) in [6.07, 6.45) is 3.94. The summed E-state index contributed by atoms with van der Waals surface area (Å²) >= 11 is 0. The van der Waals surface area contributed by atoms with Gasteiger partial charge in [0.25, 0.3) is 11.5 Å². The molecule has 1 fully saturated rings. The molecule has 2 aromatic heterocycles. The highest BCUT2D eigenvalue weighted by atomic mass is 19.1. The van der Waals surface area contributed by atoms with Gasteiger partial charge in [0.1, 0.15) is 30.0 Å². The summed E-state index contributed by atoms with van der Waals surface area (Å²) in [5, 5.41) is 2.48. The standard InChI is InChI=1S/C24H25FN4O5/c1-15-9-18(34-14-19-13-32-7-8-33-19)11-23(30)29(15)16(2)17-3-4-21(20(25)10-17)28-24(31)22-12-26-5-6-27-22/h3-6,9-12,16,19H,7-8,13-14H2,1-2H3,(H,28,31)/t16-,19?/m1/s1. The van der Waals surface area contributed by atoms with Gasteiger partial charge in [-0.15, -0.1) is 0 Å². The van der Waals surface area contributed by atoms with Gasteiger partial charge in [0.2, 0.25) is 0 Å². The Bertz CT molecular complexity index is 1210. The number of rotatable bonds is 7. The van der Waals surface area contributed by atoms with Gasteiger partial charge in [-0.1, -0.05) is 6.07 Å². The molecule has 2 atom stereocenters. The molecular weight excluding hydrogens is 443 g/mol. The van der Waals surface area contributed by atoms with E-state index in [4.69, 9.17) is 14.2 Å². The summed E-state index contributed by atoms with van der Waals surface area (Å²) in [5.41, 5.74) is 1.04. The molecular formula is C24H25FN4O5. The van der Waals surface area contributed by atoms with Gasteiger partial charge in [0.15, 0.2) is 0 Å². The number of aromatic nitrogens is 3. The Morgan fingerprint density at radius 2 is 2.15 bits per heavy atom. The lowest BCUT2D eigenvalue weighted by Gasteiger charge is -2.23. The summed E-state index contributed by atoms with van der Waals surface area (Å²) in [4.78, 5) is 32.8.